The summed E-state index contributed by atoms with van der Waals surface area (Å²) in [5, 5.41) is 5.66. The van der Waals surface area contributed by atoms with E-state index in [2.05, 4.69) is 60.8 Å². The minimum absolute atomic E-state index is 0.431. The van der Waals surface area contributed by atoms with E-state index in [4.69, 9.17) is 0 Å². The first kappa shape index (κ1) is 20.3. The second-order valence-corrected chi connectivity index (χ2v) is 12.8. The van der Waals surface area contributed by atoms with E-state index in [-0.39, 0.29) is 0 Å². The van der Waals surface area contributed by atoms with Crippen LogP contribution in [0.15, 0.2) is 18.2 Å². The fourth-order valence-corrected chi connectivity index (χ4v) is 9.19. The zero-order valence-corrected chi connectivity index (χ0v) is 20.2. The average molecular weight is 420 g/mol. The molecule has 3 heteroatoms. The molecule has 4 fully saturated rings. The Kier molecular flexibility index (Phi) is 4.48. The first-order valence-electron chi connectivity index (χ1n) is 12.8. The Morgan fingerprint density at radius 2 is 1.84 bits per heavy atom. The van der Waals surface area contributed by atoms with Crippen LogP contribution in [0.1, 0.15) is 75.6 Å². The van der Waals surface area contributed by atoms with E-state index in [0.29, 0.717) is 16.4 Å². The third kappa shape index (κ3) is 3.38. The third-order valence-corrected chi connectivity index (χ3v) is 9.29. The van der Waals surface area contributed by atoms with Crippen LogP contribution in [0.5, 0.6) is 0 Å². The maximum Gasteiger partial charge on any atom is 0.0486 e. The van der Waals surface area contributed by atoms with Crippen molar-refractivity contribution in [1.82, 2.24) is 14.8 Å². The number of likely N-dealkylation sites (N-methyl/N-ethyl adjacent to an activating group) is 1. The van der Waals surface area contributed by atoms with Gasteiger partial charge in [0, 0.05) is 48.2 Å². The predicted molar refractivity (Wildman–Crippen MR) is 129 cm³/mol. The van der Waals surface area contributed by atoms with Crippen molar-refractivity contribution < 1.29 is 0 Å². The molecule has 4 bridgehead atoms. The van der Waals surface area contributed by atoms with Crippen molar-refractivity contribution >= 4 is 10.9 Å². The molecule has 168 valence electrons. The summed E-state index contributed by atoms with van der Waals surface area (Å²) < 4.78 is 2.67. The summed E-state index contributed by atoms with van der Waals surface area (Å²) in [6, 6.07) is 7.08. The molecular weight excluding hydrogens is 378 g/mol. The molecule has 2 atom stereocenters. The summed E-state index contributed by atoms with van der Waals surface area (Å²) in [6.45, 7) is 12.0. The van der Waals surface area contributed by atoms with Gasteiger partial charge in [-0.3, -0.25) is 0 Å². The highest BCUT2D eigenvalue weighted by atomic mass is 15.1. The molecule has 3 nitrogen and oxygen atoms in total. The Labute approximate surface area is 188 Å². The van der Waals surface area contributed by atoms with E-state index in [1.807, 2.05) is 0 Å². The number of nitrogens with one attached hydrogen (secondary N) is 1. The van der Waals surface area contributed by atoms with Crippen molar-refractivity contribution in [2.24, 2.45) is 16.7 Å². The fraction of sp³-hybridized carbons (Fsp3) is 0.714. The Morgan fingerprint density at radius 1 is 1.06 bits per heavy atom. The van der Waals surface area contributed by atoms with Crippen LogP contribution >= 0.6 is 0 Å². The normalized spacial score (nSPS) is 37.0. The Bertz CT molecular complexity index is 999. The summed E-state index contributed by atoms with van der Waals surface area (Å²) in [7, 11) is 2.26. The summed E-state index contributed by atoms with van der Waals surface area (Å²) >= 11 is 0. The molecule has 5 aliphatic rings. The minimum atomic E-state index is 0.431. The van der Waals surface area contributed by atoms with Crippen molar-refractivity contribution in [2.45, 2.75) is 90.8 Å². The number of nitrogens with zero attached hydrogens (tertiary/aromatic N) is 2. The van der Waals surface area contributed by atoms with Crippen LogP contribution in [-0.2, 0) is 19.5 Å². The molecule has 0 amide bonds. The average Bonchev–Trinajstić information content (AvgIpc) is 2.94. The highest BCUT2D eigenvalue weighted by molar-refractivity contribution is 5.86. The molecule has 1 aromatic heterocycles. The summed E-state index contributed by atoms with van der Waals surface area (Å²) in [5.74, 6) is 0.972. The van der Waals surface area contributed by atoms with Crippen LogP contribution in [0.3, 0.4) is 0 Å². The smallest absolute Gasteiger partial charge is 0.0486 e. The van der Waals surface area contributed by atoms with Crippen molar-refractivity contribution in [1.29, 1.82) is 0 Å². The van der Waals surface area contributed by atoms with Gasteiger partial charge < -0.3 is 14.8 Å². The van der Waals surface area contributed by atoms with Crippen LogP contribution in [-0.4, -0.2) is 35.1 Å². The largest absolute Gasteiger partial charge is 0.344 e. The number of benzene rings is 1. The van der Waals surface area contributed by atoms with Crippen molar-refractivity contribution in [3.63, 3.8) is 0 Å². The summed E-state index contributed by atoms with van der Waals surface area (Å²) in [4.78, 5) is 2.48. The molecule has 0 radical (unpaired) electrons. The molecule has 1 aliphatic heterocycles. The lowest BCUT2D eigenvalue weighted by molar-refractivity contribution is -0.117. The Hall–Kier alpha value is -1.32. The monoisotopic (exact) mass is 419 g/mol. The van der Waals surface area contributed by atoms with Gasteiger partial charge in [-0.2, -0.15) is 0 Å². The number of aromatic nitrogens is 1. The van der Waals surface area contributed by atoms with Crippen LogP contribution in [0.2, 0.25) is 0 Å². The van der Waals surface area contributed by atoms with E-state index < -0.39 is 0 Å². The molecule has 2 unspecified atom stereocenters. The van der Waals surface area contributed by atoms with E-state index in [0.717, 1.165) is 19.0 Å². The highest BCUT2D eigenvalue weighted by Gasteiger charge is 2.59. The first-order valence-corrected chi connectivity index (χ1v) is 12.8. The van der Waals surface area contributed by atoms with E-state index in [1.165, 1.54) is 80.9 Å². The number of rotatable bonds is 5. The van der Waals surface area contributed by atoms with Crippen molar-refractivity contribution in [3.05, 3.63) is 35.0 Å². The highest BCUT2D eigenvalue weighted by Crippen LogP contribution is 2.66. The maximum atomic E-state index is 4.16. The fourth-order valence-electron chi connectivity index (χ4n) is 9.19. The van der Waals surface area contributed by atoms with Crippen molar-refractivity contribution in [3.8, 4) is 0 Å². The van der Waals surface area contributed by atoms with Crippen LogP contribution in [0.25, 0.3) is 10.9 Å². The van der Waals surface area contributed by atoms with Crippen LogP contribution in [0.4, 0.5) is 0 Å². The number of hydrogen-bond donors (Lipinski definition) is 1. The zero-order chi connectivity index (χ0) is 21.4. The van der Waals surface area contributed by atoms with Gasteiger partial charge in [0.05, 0.1) is 0 Å². The molecular formula is C28H41N3. The van der Waals surface area contributed by atoms with E-state index in [9.17, 15) is 0 Å². The SMILES string of the molecule is Cc1ccc2c(c1)c1c(n2CCCNC23CC4CC(C)(CC(C)(C4)C2)C3)CCN(C)C1. The second-order valence-electron chi connectivity index (χ2n) is 12.8. The zero-order valence-electron chi connectivity index (χ0n) is 20.2. The van der Waals surface area contributed by atoms with Gasteiger partial charge in [0.1, 0.15) is 0 Å². The molecule has 2 heterocycles. The van der Waals surface area contributed by atoms with E-state index in [1.54, 1.807) is 11.3 Å². The second kappa shape index (κ2) is 6.84. The molecule has 31 heavy (non-hydrogen) atoms. The lowest BCUT2D eigenvalue weighted by atomic mass is 9.43. The van der Waals surface area contributed by atoms with Gasteiger partial charge in [-0.05, 0) is 99.9 Å². The number of hydrogen-bond acceptors (Lipinski definition) is 2. The molecule has 1 N–H and O–H groups in total. The number of fused-ring (bicyclic) bond motifs is 3. The molecule has 2 aromatic rings. The summed E-state index contributed by atoms with van der Waals surface area (Å²) in [6.07, 6.45) is 11.1. The van der Waals surface area contributed by atoms with Crippen LogP contribution < -0.4 is 5.32 Å². The topological polar surface area (TPSA) is 20.2 Å². The van der Waals surface area contributed by atoms with Crippen LogP contribution in [0, 0.1) is 23.7 Å². The minimum Gasteiger partial charge on any atom is -0.344 e. The summed E-state index contributed by atoms with van der Waals surface area (Å²) in [5.41, 5.74) is 7.66. The molecule has 4 saturated carbocycles. The van der Waals surface area contributed by atoms with Crippen molar-refractivity contribution in [2.75, 3.05) is 20.1 Å². The van der Waals surface area contributed by atoms with Gasteiger partial charge in [0.15, 0.2) is 0 Å². The Balaban J connectivity index is 1.19. The molecule has 0 saturated heterocycles. The predicted octanol–water partition coefficient (Wildman–Crippen LogP) is 5.67. The molecule has 7 rings (SSSR count). The van der Waals surface area contributed by atoms with Gasteiger partial charge in [-0.1, -0.05) is 25.5 Å². The third-order valence-electron chi connectivity index (χ3n) is 9.29. The first-order chi connectivity index (χ1) is 14.8. The number of aryl methyl sites for hydroxylation is 2. The Morgan fingerprint density at radius 3 is 2.58 bits per heavy atom. The standard InChI is InChI=1S/C28H41N3/c1-20-6-7-24-22(12-20)23-16-30(4)11-8-25(23)31(24)10-5-9-29-28-15-21-13-26(2,18-28)17-27(3,14-21)19-28/h6-7,12,21,29H,5,8-11,13-19H2,1-4H3. The molecule has 4 aliphatic carbocycles. The lowest BCUT2D eigenvalue weighted by Gasteiger charge is -2.65. The van der Waals surface area contributed by atoms with Gasteiger partial charge >= 0.3 is 0 Å². The molecule has 1 aromatic carbocycles. The van der Waals surface area contributed by atoms with Gasteiger partial charge in [-0.15, -0.1) is 0 Å². The van der Waals surface area contributed by atoms with Gasteiger partial charge in [-0.25, -0.2) is 0 Å². The van der Waals surface area contributed by atoms with Gasteiger partial charge in [0.25, 0.3) is 0 Å². The molecule has 0 spiro atoms. The van der Waals surface area contributed by atoms with E-state index >= 15 is 0 Å². The lowest BCUT2D eigenvalue weighted by Crippen LogP contribution is -2.64. The quantitative estimate of drug-likeness (QED) is 0.631. The van der Waals surface area contributed by atoms with Gasteiger partial charge in [0.2, 0.25) is 0 Å². The maximum absolute atomic E-state index is 4.16.